The zero-order chi connectivity index (χ0) is 21.3. The van der Waals surface area contributed by atoms with Crippen LogP contribution >= 0.6 is 0 Å². The van der Waals surface area contributed by atoms with E-state index in [9.17, 15) is 9.59 Å². The Bertz CT molecular complexity index is 310. The first kappa shape index (κ1) is 29.3. The number of carboxylic acids is 1. The van der Waals surface area contributed by atoms with Gasteiger partial charge in [-0.1, -0.05) is 111 Å². The second-order valence-corrected chi connectivity index (χ2v) is 8.13. The number of aliphatic carboxylic acids is 1. The Morgan fingerprint density at radius 1 is 0.464 bits per heavy atom. The minimum atomic E-state index is -0.663. The molecule has 3 heteroatoms. The van der Waals surface area contributed by atoms with Crippen molar-refractivity contribution < 1.29 is 14.7 Å². The van der Waals surface area contributed by atoms with Crippen LogP contribution in [-0.4, -0.2) is 16.9 Å². The van der Waals surface area contributed by atoms with E-state index in [1.807, 2.05) is 0 Å². The molecule has 0 rings (SSSR count). The van der Waals surface area contributed by atoms with Gasteiger partial charge < -0.3 is 5.11 Å². The molecule has 0 aliphatic carbocycles. The van der Waals surface area contributed by atoms with Crippen molar-refractivity contribution in [3.05, 3.63) is 0 Å². The Balaban J connectivity index is 0. The van der Waals surface area contributed by atoms with E-state index in [1.54, 1.807) is 0 Å². The van der Waals surface area contributed by atoms with Gasteiger partial charge in [-0.2, -0.15) is 0 Å². The summed E-state index contributed by atoms with van der Waals surface area (Å²) in [6.07, 6.45) is 22.9. The highest BCUT2D eigenvalue weighted by molar-refractivity contribution is 5.78. The molecule has 0 aliphatic rings. The number of carboxylic acid groups (broad SMARTS) is 1. The van der Waals surface area contributed by atoms with Crippen molar-refractivity contribution in [1.82, 2.24) is 0 Å². The highest BCUT2D eigenvalue weighted by atomic mass is 16.4. The molecule has 28 heavy (non-hydrogen) atoms. The van der Waals surface area contributed by atoms with Crippen LogP contribution in [0, 0.1) is 0 Å². The van der Waals surface area contributed by atoms with Crippen molar-refractivity contribution in [2.24, 2.45) is 0 Å². The van der Waals surface area contributed by atoms with Gasteiger partial charge in [0.25, 0.3) is 0 Å². The van der Waals surface area contributed by atoms with E-state index in [2.05, 4.69) is 20.8 Å². The first-order valence-electron chi connectivity index (χ1n) is 12.3. The average molecular weight is 399 g/mol. The van der Waals surface area contributed by atoms with E-state index >= 15 is 0 Å². The van der Waals surface area contributed by atoms with Gasteiger partial charge in [-0.05, 0) is 19.3 Å². The third-order valence-corrected chi connectivity index (χ3v) is 5.11. The molecule has 0 aromatic carbocycles. The molecule has 168 valence electrons. The van der Waals surface area contributed by atoms with Gasteiger partial charge in [0.15, 0.2) is 0 Å². The molecule has 3 nitrogen and oxygen atoms in total. The third kappa shape index (κ3) is 29.9. The summed E-state index contributed by atoms with van der Waals surface area (Å²) in [6.45, 7) is 6.65. The molecule has 0 aromatic rings. The van der Waals surface area contributed by atoms with Gasteiger partial charge in [0.2, 0.25) is 0 Å². The van der Waals surface area contributed by atoms with Gasteiger partial charge in [-0.25, -0.2) is 0 Å². The quantitative estimate of drug-likeness (QED) is 0.209. The van der Waals surface area contributed by atoms with E-state index in [-0.39, 0.29) is 0 Å². The zero-order valence-electron chi connectivity index (χ0n) is 19.4. The third-order valence-electron chi connectivity index (χ3n) is 5.11. The highest BCUT2D eigenvalue weighted by Crippen LogP contribution is 2.10. The van der Waals surface area contributed by atoms with Gasteiger partial charge in [-0.3, -0.25) is 9.59 Å². The maximum Gasteiger partial charge on any atom is 0.303 e. The summed E-state index contributed by atoms with van der Waals surface area (Å²) in [5.74, 6) is -0.170. The number of carbonyl (C=O) groups excluding carboxylic acids is 1. The van der Waals surface area contributed by atoms with E-state index < -0.39 is 5.97 Å². The minimum Gasteiger partial charge on any atom is -0.481 e. The van der Waals surface area contributed by atoms with Crippen molar-refractivity contribution in [1.29, 1.82) is 0 Å². The molecular formula is C25H50O3. The normalized spacial score (nSPS) is 10.4. The number of Topliss-reactive ketones (excluding diaryl/α,β-unsaturated/α-hetero) is 1. The summed E-state index contributed by atoms with van der Waals surface area (Å²) in [5.41, 5.74) is 0. The lowest BCUT2D eigenvalue weighted by Gasteiger charge is -2.01. The molecule has 0 unspecified atom stereocenters. The lowest BCUT2D eigenvalue weighted by atomic mass is 10.0. The Morgan fingerprint density at radius 2 is 0.750 bits per heavy atom. The van der Waals surface area contributed by atoms with Gasteiger partial charge in [0, 0.05) is 19.3 Å². The first-order chi connectivity index (χ1) is 13.6. The summed E-state index contributed by atoms with van der Waals surface area (Å²) in [5, 5.41) is 8.35. The van der Waals surface area contributed by atoms with Gasteiger partial charge in [0.1, 0.15) is 5.78 Å². The zero-order valence-corrected chi connectivity index (χ0v) is 19.4. The van der Waals surface area contributed by atoms with E-state index in [1.165, 1.54) is 83.5 Å². The predicted molar refractivity (Wildman–Crippen MR) is 122 cm³/mol. The second kappa shape index (κ2) is 26.1. The molecule has 0 heterocycles. The number of unbranched alkanes of at least 4 members (excludes halogenated alkanes) is 14. The Labute approximate surface area is 176 Å². The molecule has 0 spiro atoms. The topological polar surface area (TPSA) is 54.4 Å². The predicted octanol–water partition coefficient (Wildman–Crippen LogP) is 8.49. The van der Waals surface area contributed by atoms with Crippen LogP contribution in [0.1, 0.15) is 149 Å². The number of hydrogen-bond donors (Lipinski definition) is 1. The van der Waals surface area contributed by atoms with Crippen LogP contribution in [0.4, 0.5) is 0 Å². The smallest absolute Gasteiger partial charge is 0.303 e. The summed E-state index contributed by atoms with van der Waals surface area (Å²) in [4.78, 5) is 21.6. The molecule has 0 aromatic heterocycles. The SMILES string of the molecule is CCCCCCCC(=O)CCCCCCC.CCCCCCCCCC(=O)O. The summed E-state index contributed by atoms with van der Waals surface area (Å²) in [7, 11) is 0. The van der Waals surface area contributed by atoms with Crippen LogP contribution in [0.25, 0.3) is 0 Å². The van der Waals surface area contributed by atoms with Crippen molar-refractivity contribution in [2.45, 2.75) is 149 Å². The standard InChI is InChI=1S/C15H30O.C10H20O2/c1-3-5-7-9-11-13-15(16)14-12-10-8-6-4-2;1-2-3-4-5-6-7-8-9-10(11)12/h3-14H2,1-2H3;2-9H2,1H3,(H,11,12). The second-order valence-electron chi connectivity index (χ2n) is 8.13. The Kier molecular flexibility index (Phi) is 27.4. The molecule has 0 amide bonds. The van der Waals surface area contributed by atoms with Crippen molar-refractivity contribution in [3.8, 4) is 0 Å². The molecule has 1 N–H and O–H groups in total. The Morgan fingerprint density at radius 3 is 1.07 bits per heavy atom. The number of carbonyl (C=O) groups is 2. The molecule has 0 fully saturated rings. The van der Waals surface area contributed by atoms with Crippen LogP contribution in [0.5, 0.6) is 0 Å². The maximum absolute atomic E-state index is 11.5. The maximum atomic E-state index is 11.5. The highest BCUT2D eigenvalue weighted by Gasteiger charge is 2.01. The average Bonchev–Trinajstić information content (AvgIpc) is 2.67. The summed E-state index contributed by atoms with van der Waals surface area (Å²) in [6, 6.07) is 0. The lowest BCUT2D eigenvalue weighted by molar-refractivity contribution is -0.137. The largest absolute Gasteiger partial charge is 0.481 e. The van der Waals surface area contributed by atoms with Crippen molar-refractivity contribution in [3.63, 3.8) is 0 Å². The van der Waals surface area contributed by atoms with E-state index in [0.29, 0.717) is 12.2 Å². The number of ketones is 1. The molecule has 0 saturated carbocycles. The fourth-order valence-electron chi connectivity index (χ4n) is 3.21. The molecule has 0 atom stereocenters. The number of hydrogen-bond acceptors (Lipinski definition) is 2. The number of rotatable bonds is 20. The first-order valence-corrected chi connectivity index (χ1v) is 12.3. The van der Waals surface area contributed by atoms with Gasteiger partial charge in [0.05, 0.1) is 0 Å². The Hall–Kier alpha value is -0.860. The summed E-state index contributed by atoms with van der Waals surface area (Å²) < 4.78 is 0. The molecule has 0 aliphatic heterocycles. The van der Waals surface area contributed by atoms with Crippen molar-refractivity contribution >= 4 is 11.8 Å². The molecular weight excluding hydrogens is 348 g/mol. The van der Waals surface area contributed by atoms with Crippen LogP contribution < -0.4 is 0 Å². The monoisotopic (exact) mass is 398 g/mol. The van der Waals surface area contributed by atoms with Gasteiger partial charge in [-0.15, -0.1) is 0 Å². The minimum absolute atomic E-state index is 0.341. The van der Waals surface area contributed by atoms with Crippen LogP contribution in [0.3, 0.4) is 0 Å². The molecule has 0 saturated heterocycles. The van der Waals surface area contributed by atoms with Gasteiger partial charge >= 0.3 is 5.97 Å². The lowest BCUT2D eigenvalue weighted by Crippen LogP contribution is -1.97. The van der Waals surface area contributed by atoms with Crippen LogP contribution in [-0.2, 0) is 9.59 Å². The fraction of sp³-hybridized carbons (Fsp3) is 0.920. The molecule has 0 radical (unpaired) electrons. The van der Waals surface area contributed by atoms with Crippen LogP contribution in [0.2, 0.25) is 0 Å². The summed E-state index contributed by atoms with van der Waals surface area (Å²) >= 11 is 0. The van der Waals surface area contributed by atoms with Crippen molar-refractivity contribution in [2.75, 3.05) is 0 Å². The van der Waals surface area contributed by atoms with E-state index in [4.69, 9.17) is 5.11 Å². The molecule has 0 bridgehead atoms. The van der Waals surface area contributed by atoms with Crippen LogP contribution in [0.15, 0.2) is 0 Å². The van der Waals surface area contributed by atoms with E-state index in [0.717, 1.165) is 38.5 Å². The fourth-order valence-corrected chi connectivity index (χ4v) is 3.21.